The summed E-state index contributed by atoms with van der Waals surface area (Å²) in [5.41, 5.74) is 4.92. The number of nitrogens with one attached hydrogen (secondary N) is 2. The van der Waals surface area contributed by atoms with E-state index in [9.17, 15) is 10.1 Å². The lowest BCUT2D eigenvalue weighted by molar-refractivity contribution is -0.384. The highest BCUT2D eigenvalue weighted by atomic mass is 16.6. The number of hydrogen-bond donors (Lipinski definition) is 2. The summed E-state index contributed by atoms with van der Waals surface area (Å²) in [6, 6.07) is 18.1. The van der Waals surface area contributed by atoms with Gasteiger partial charge in [0.15, 0.2) is 0 Å². The summed E-state index contributed by atoms with van der Waals surface area (Å²) in [6.07, 6.45) is 4.85. The largest absolute Gasteiger partial charge is 0.455 e. The number of nitro benzene ring substituents is 1. The Morgan fingerprint density at radius 2 is 1.78 bits per heavy atom. The number of hydrogen-bond acceptors (Lipinski definition) is 10. The summed E-state index contributed by atoms with van der Waals surface area (Å²) in [6.45, 7) is 3.58. The fourth-order valence-electron chi connectivity index (χ4n) is 4.08. The predicted molar refractivity (Wildman–Crippen MR) is 142 cm³/mol. The van der Waals surface area contributed by atoms with Gasteiger partial charge in [0.05, 0.1) is 16.7 Å². The number of anilines is 4. The minimum atomic E-state index is -0.415. The van der Waals surface area contributed by atoms with Gasteiger partial charge < -0.3 is 14.6 Å². The van der Waals surface area contributed by atoms with E-state index in [1.165, 1.54) is 18.7 Å². The van der Waals surface area contributed by atoms with Crippen molar-refractivity contribution >= 4 is 35.4 Å². The van der Waals surface area contributed by atoms with Crippen molar-refractivity contribution in [3.8, 4) is 11.3 Å². The molecule has 2 aromatic carbocycles. The monoisotopic (exact) mass is 498 g/mol. The van der Waals surface area contributed by atoms with Gasteiger partial charge in [-0.15, -0.1) is 0 Å². The standard InChI is InChI=1S/C26H26N8O3/c1-18-10-12-21(22(16-18)34(35)36)23-13-11-20(37-23)17-27-32-25-29-24(28-19-8-4-2-5-9-19)30-26(31-25)33-14-6-3-7-15-33/h2,4-5,8-13,16-17H,3,6-7,14-15H2,1H3,(H2,28,29,30,31,32)/b27-17-. The first-order valence-corrected chi connectivity index (χ1v) is 12.0. The van der Waals surface area contributed by atoms with Crippen LogP contribution in [0, 0.1) is 17.0 Å². The first-order valence-electron chi connectivity index (χ1n) is 12.0. The lowest BCUT2D eigenvalue weighted by Gasteiger charge is -2.26. The molecule has 0 aliphatic carbocycles. The number of nitro groups is 1. The molecule has 188 valence electrons. The van der Waals surface area contributed by atoms with Gasteiger partial charge in [0.1, 0.15) is 11.5 Å². The van der Waals surface area contributed by atoms with Crippen LogP contribution in [-0.2, 0) is 0 Å². The highest BCUT2D eigenvalue weighted by Crippen LogP contribution is 2.31. The van der Waals surface area contributed by atoms with Gasteiger partial charge in [-0.25, -0.2) is 5.43 Å². The number of aryl methyl sites for hydroxylation is 1. The van der Waals surface area contributed by atoms with Crippen LogP contribution in [0.3, 0.4) is 0 Å². The SMILES string of the molecule is Cc1ccc(-c2ccc(/C=N\Nc3nc(Nc4ccccc4)nc(N4CCCCC4)n3)o2)c([N+](=O)[O-])c1. The van der Waals surface area contributed by atoms with Gasteiger partial charge in [-0.2, -0.15) is 20.1 Å². The van der Waals surface area contributed by atoms with Crippen molar-refractivity contribution in [3.05, 3.63) is 82.1 Å². The number of nitrogens with zero attached hydrogens (tertiary/aromatic N) is 6. The molecule has 0 saturated carbocycles. The normalized spacial score (nSPS) is 13.6. The first-order chi connectivity index (χ1) is 18.0. The maximum Gasteiger partial charge on any atom is 0.280 e. The summed E-state index contributed by atoms with van der Waals surface area (Å²) in [7, 11) is 0. The lowest BCUT2D eigenvalue weighted by atomic mass is 10.1. The van der Waals surface area contributed by atoms with Gasteiger partial charge in [0, 0.05) is 24.8 Å². The summed E-state index contributed by atoms with van der Waals surface area (Å²) >= 11 is 0. The molecule has 1 aliphatic rings. The van der Waals surface area contributed by atoms with Crippen LogP contribution in [0.5, 0.6) is 0 Å². The van der Waals surface area contributed by atoms with Crippen molar-refractivity contribution in [1.29, 1.82) is 0 Å². The molecule has 2 aromatic heterocycles. The summed E-state index contributed by atoms with van der Waals surface area (Å²) < 4.78 is 5.79. The first kappa shape index (κ1) is 23.9. The van der Waals surface area contributed by atoms with Crippen LogP contribution < -0.4 is 15.6 Å². The van der Waals surface area contributed by atoms with Gasteiger partial charge >= 0.3 is 0 Å². The van der Waals surface area contributed by atoms with E-state index in [4.69, 9.17) is 4.42 Å². The fraction of sp³-hybridized carbons (Fsp3) is 0.231. The quantitative estimate of drug-likeness (QED) is 0.183. The van der Waals surface area contributed by atoms with E-state index in [0.29, 0.717) is 29.0 Å². The molecule has 11 heteroatoms. The Morgan fingerprint density at radius 3 is 2.57 bits per heavy atom. The molecule has 37 heavy (non-hydrogen) atoms. The Kier molecular flexibility index (Phi) is 7.02. The van der Waals surface area contributed by atoms with Crippen LogP contribution in [0.25, 0.3) is 11.3 Å². The van der Waals surface area contributed by atoms with Crippen molar-refractivity contribution in [1.82, 2.24) is 15.0 Å². The van der Waals surface area contributed by atoms with Gasteiger partial charge in [0.25, 0.3) is 5.69 Å². The Morgan fingerprint density at radius 1 is 1.00 bits per heavy atom. The van der Waals surface area contributed by atoms with E-state index in [1.807, 2.05) is 36.4 Å². The molecule has 1 aliphatic heterocycles. The minimum absolute atomic E-state index is 0.00941. The van der Waals surface area contributed by atoms with E-state index in [0.717, 1.165) is 37.2 Å². The van der Waals surface area contributed by atoms with E-state index < -0.39 is 4.92 Å². The molecule has 0 atom stereocenters. The number of furan rings is 1. The van der Waals surface area contributed by atoms with Gasteiger partial charge in [-0.1, -0.05) is 24.3 Å². The van der Waals surface area contributed by atoms with Crippen LogP contribution in [-0.4, -0.2) is 39.2 Å². The van der Waals surface area contributed by atoms with Crippen LogP contribution in [0.1, 0.15) is 30.6 Å². The number of rotatable bonds is 8. The van der Waals surface area contributed by atoms with Crippen LogP contribution in [0.2, 0.25) is 0 Å². The second kappa shape index (κ2) is 10.9. The molecule has 3 heterocycles. The second-order valence-corrected chi connectivity index (χ2v) is 8.67. The number of benzene rings is 2. The smallest absolute Gasteiger partial charge is 0.280 e. The maximum atomic E-state index is 11.5. The highest BCUT2D eigenvalue weighted by molar-refractivity contribution is 5.79. The number of aromatic nitrogens is 3. The number of para-hydroxylation sites is 1. The number of hydrazone groups is 1. The van der Waals surface area contributed by atoms with E-state index in [1.54, 1.807) is 25.1 Å². The Labute approximate surface area is 213 Å². The van der Waals surface area contributed by atoms with E-state index >= 15 is 0 Å². The predicted octanol–water partition coefficient (Wildman–Crippen LogP) is 5.53. The average Bonchev–Trinajstić information content (AvgIpc) is 3.38. The molecule has 0 unspecified atom stereocenters. The molecule has 1 fully saturated rings. The zero-order chi connectivity index (χ0) is 25.6. The summed E-state index contributed by atoms with van der Waals surface area (Å²) in [5.74, 6) is 2.08. The molecule has 1 saturated heterocycles. The number of piperidine rings is 1. The molecule has 2 N–H and O–H groups in total. The highest BCUT2D eigenvalue weighted by Gasteiger charge is 2.19. The molecule has 5 rings (SSSR count). The van der Waals surface area contributed by atoms with Crippen molar-refractivity contribution in [3.63, 3.8) is 0 Å². The van der Waals surface area contributed by atoms with Crippen LogP contribution in [0.15, 0.2) is 70.2 Å². The third-order valence-corrected chi connectivity index (χ3v) is 5.89. The molecular formula is C26H26N8O3. The fourth-order valence-corrected chi connectivity index (χ4v) is 4.08. The minimum Gasteiger partial charge on any atom is -0.455 e. The van der Waals surface area contributed by atoms with Crippen molar-refractivity contribution in [2.24, 2.45) is 5.10 Å². The molecule has 0 amide bonds. The Bertz CT molecular complexity index is 1410. The maximum absolute atomic E-state index is 11.5. The van der Waals surface area contributed by atoms with Gasteiger partial charge in [-0.3, -0.25) is 10.1 Å². The zero-order valence-electron chi connectivity index (χ0n) is 20.3. The van der Waals surface area contributed by atoms with Crippen LogP contribution in [0.4, 0.5) is 29.2 Å². The Balaban J connectivity index is 1.35. The van der Waals surface area contributed by atoms with Gasteiger partial charge in [-0.05, 0) is 62.1 Å². The van der Waals surface area contributed by atoms with Crippen molar-refractivity contribution in [2.45, 2.75) is 26.2 Å². The van der Waals surface area contributed by atoms with Crippen molar-refractivity contribution in [2.75, 3.05) is 28.7 Å². The van der Waals surface area contributed by atoms with E-state index in [2.05, 4.69) is 35.7 Å². The third kappa shape index (κ3) is 5.89. The lowest BCUT2D eigenvalue weighted by Crippen LogP contribution is -2.31. The third-order valence-electron chi connectivity index (χ3n) is 5.89. The summed E-state index contributed by atoms with van der Waals surface area (Å²) in [5, 5.41) is 18.9. The zero-order valence-corrected chi connectivity index (χ0v) is 20.3. The summed E-state index contributed by atoms with van der Waals surface area (Å²) in [4.78, 5) is 26.8. The van der Waals surface area contributed by atoms with Crippen molar-refractivity contribution < 1.29 is 9.34 Å². The molecule has 0 bridgehead atoms. The molecule has 4 aromatic rings. The Hall–Kier alpha value is -4.80. The topological polar surface area (TPSA) is 135 Å². The molecular weight excluding hydrogens is 472 g/mol. The van der Waals surface area contributed by atoms with Crippen LogP contribution >= 0.6 is 0 Å². The van der Waals surface area contributed by atoms with E-state index in [-0.39, 0.29) is 11.6 Å². The molecule has 11 nitrogen and oxygen atoms in total. The second-order valence-electron chi connectivity index (χ2n) is 8.67. The average molecular weight is 499 g/mol. The molecule has 0 radical (unpaired) electrons. The van der Waals surface area contributed by atoms with Gasteiger partial charge in [0.2, 0.25) is 17.8 Å². The molecule has 0 spiro atoms.